The molecule has 0 bridgehead atoms. The van der Waals surface area contributed by atoms with Crippen LogP contribution >= 0.6 is 15.9 Å². The molecule has 98 valence electrons. The number of carbonyl (C=O) groups excluding carboxylic acids is 1. The van der Waals surface area contributed by atoms with Gasteiger partial charge < -0.3 is 10.4 Å². The highest BCUT2D eigenvalue weighted by atomic mass is 79.9. The number of nitrogens with one attached hydrogen (secondary N) is 1. The lowest BCUT2D eigenvalue weighted by Crippen LogP contribution is -2.13. The van der Waals surface area contributed by atoms with Crippen LogP contribution in [0.5, 0.6) is 5.75 Å². The van der Waals surface area contributed by atoms with Gasteiger partial charge in [-0.05, 0) is 65.7 Å². The Labute approximate surface area is 120 Å². The standard InChI is InChI=1S/C15H14BrNO2/c1-9-3-5-13(16)12(7-9)15(19)17-14-6-4-11(18)8-10(14)2/h3-8,18H,1-2H3,(H,17,19). The molecule has 0 saturated carbocycles. The number of rotatable bonds is 2. The lowest BCUT2D eigenvalue weighted by molar-refractivity contribution is 0.102. The number of halogens is 1. The van der Waals surface area contributed by atoms with Gasteiger partial charge in [-0.1, -0.05) is 11.6 Å². The van der Waals surface area contributed by atoms with Gasteiger partial charge in [0.05, 0.1) is 5.56 Å². The molecule has 0 spiro atoms. The fourth-order valence-corrected chi connectivity index (χ4v) is 2.22. The van der Waals surface area contributed by atoms with Crippen LogP contribution in [-0.2, 0) is 0 Å². The van der Waals surface area contributed by atoms with Gasteiger partial charge in [-0.25, -0.2) is 0 Å². The Morgan fingerprint density at radius 3 is 2.58 bits per heavy atom. The molecule has 0 atom stereocenters. The van der Waals surface area contributed by atoms with E-state index in [1.54, 1.807) is 18.2 Å². The summed E-state index contributed by atoms with van der Waals surface area (Å²) in [6, 6.07) is 10.5. The molecular weight excluding hydrogens is 306 g/mol. The number of phenolic OH excluding ortho intramolecular Hbond substituents is 1. The SMILES string of the molecule is Cc1ccc(Br)c(C(=O)Nc2ccc(O)cc2C)c1. The zero-order valence-corrected chi connectivity index (χ0v) is 12.3. The van der Waals surface area contributed by atoms with Crippen LogP contribution in [0.15, 0.2) is 40.9 Å². The second-order valence-corrected chi connectivity index (χ2v) is 5.29. The molecule has 2 rings (SSSR count). The minimum atomic E-state index is -0.177. The Morgan fingerprint density at radius 1 is 1.16 bits per heavy atom. The van der Waals surface area contributed by atoms with Gasteiger partial charge in [0.1, 0.15) is 5.75 Å². The maximum Gasteiger partial charge on any atom is 0.256 e. The number of anilines is 1. The highest BCUT2D eigenvalue weighted by Gasteiger charge is 2.11. The molecule has 1 amide bonds. The lowest BCUT2D eigenvalue weighted by atomic mass is 10.1. The number of benzene rings is 2. The average Bonchev–Trinajstić information content (AvgIpc) is 2.35. The van der Waals surface area contributed by atoms with Gasteiger partial charge in [-0.3, -0.25) is 4.79 Å². The average molecular weight is 320 g/mol. The summed E-state index contributed by atoms with van der Waals surface area (Å²) in [5.41, 5.74) is 3.12. The number of hydrogen-bond acceptors (Lipinski definition) is 2. The summed E-state index contributed by atoms with van der Waals surface area (Å²) in [6.07, 6.45) is 0. The molecule has 0 heterocycles. The molecular formula is C15H14BrNO2. The van der Waals surface area contributed by atoms with E-state index in [1.165, 1.54) is 0 Å². The van der Waals surface area contributed by atoms with Crippen molar-refractivity contribution >= 4 is 27.5 Å². The normalized spacial score (nSPS) is 10.3. The summed E-state index contributed by atoms with van der Waals surface area (Å²) in [5.74, 6) is 0.0107. The van der Waals surface area contributed by atoms with Crippen molar-refractivity contribution in [2.75, 3.05) is 5.32 Å². The molecule has 0 unspecified atom stereocenters. The summed E-state index contributed by atoms with van der Waals surface area (Å²) in [6.45, 7) is 3.77. The zero-order valence-electron chi connectivity index (χ0n) is 10.7. The van der Waals surface area contributed by atoms with Gasteiger partial charge in [-0.15, -0.1) is 0 Å². The summed E-state index contributed by atoms with van der Waals surface area (Å²) in [7, 11) is 0. The van der Waals surface area contributed by atoms with Crippen molar-refractivity contribution in [2.24, 2.45) is 0 Å². The number of hydrogen-bond donors (Lipinski definition) is 2. The highest BCUT2D eigenvalue weighted by molar-refractivity contribution is 9.10. The van der Waals surface area contributed by atoms with Crippen molar-refractivity contribution in [3.63, 3.8) is 0 Å². The van der Waals surface area contributed by atoms with E-state index in [4.69, 9.17) is 0 Å². The number of aromatic hydroxyl groups is 1. The van der Waals surface area contributed by atoms with E-state index in [1.807, 2.05) is 32.0 Å². The molecule has 3 nitrogen and oxygen atoms in total. The van der Waals surface area contributed by atoms with E-state index in [2.05, 4.69) is 21.2 Å². The van der Waals surface area contributed by atoms with Gasteiger partial charge in [0.15, 0.2) is 0 Å². The quantitative estimate of drug-likeness (QED) is 0.821. The van der Waals surface area contributed by atoms with Crippen LogP contribution in [-0.4, -0.2) is 11.0 Å². The Bertz CT molecular complexity index is 638. The van der Waals surface area contributed by atoms with E-state index in [0.29, 0.717) is 11.3 Å². The summed E-state index contributed by atoms with van der Waals surface area (Å²) < 4.78 is 0.757. The van der Waals surface area contributed by atoms with Gasteiger partial charge in [0, 0.05) is 10.2 Å². The van der Waals surface area contributed by atoms with Crippen LogP contribution in [0.1, 0.15) is 21.5 Å². The second-order valence-electron chi connectivity index (χ2n) is 4.44. The van der Waals surface area contributed by atoms with Crippen LogP contribution in [0, 0.1) is 13.8 Å². The zero-order chi connectivity index (χ0) is 14.0. The topological polar surface area (TPSA) is 49.3 Å². The van der Waals surface area contributed by atoms with Crippen LogP contribution in [0.25, 0.3) is 0 Å². The number of amides is 1. The van der Waals surface area contributed by atoms with Crippen LogP contribution < -0.4 is 5.32 Å². The van der Waals surface area contributed by atoms with Crippen LogP contribution in [0.2, 0.25) is 0 Å². The third kappa shape index (κ3) is 3.15. The van der Waals surface area contributed by atoms with E-state index in [-0.39, 0.29) is 11.7 Å². The third-order valence-corrected chi connectivity index (χ3v) is 3.52. The number of phenols is 1. The second kappa shape index (κ2) is 5.45. The van der Waals surface area contributed by atoms with Crippen molar-refractivity contribution in [3.05, 3.63) is 57.6 Å². The summed E-state index contributed by atoms with van der Waals surface area (Å²) in [5, 5.41) is 12.2. The van der Waals surface area contributed by atoms with Crippen LogP contribution in [0.4, 0.5) is 5.69 Å². The molecule has 0 radical (unpaired) electrons. The predicted molar refractivity (Wildman–Crippen MR) is 79.7 cm³/mol. The molecule has 2 aromatic rings. The maximum absolute atomic E-state index is 12.2. The van der Waals surface area contributed by atoms with Gasteiger partial charge in [-0.2, -0.15) is 0 Å². The molecule has 0 aliphatic rings. The van der Waals surface area contributed by atoms with Gasteiger partial charge >= 0.3 is 0 Å². The van der Waals surface area contributed by atoms with Gasteiger partial charge in [0.2, 0.25) is 0 Å². The lowest BCUT2D eigenvalue weighted by Gasteiger charge is -2.10. The fraction of sp³-hybridized carbons (Fsp3) is 0.133. The van der Waals surface area contributed by atoms with Crippen molar-refractivity contribution in [2.45, 2.75) is 13.8 Å². The van der Waals surface area contributed by atoms with E-state index < -0.39 is 0 Å². The molecule has 0 aliphatic carbocycles. The summed E-state index contributed by atoms with van der Waals surface area (Å²) in [4.78, 5) is 12.2. The number of carbonyl (C=O) groups is 1. The molecule has 0 saturated heterocycles. The fourth-order valence-electron chi connectivity index (χ4n) is 1.79. The third-order valence-electron chi connectivity index (χ3n) is 2.82. The first-order valence-electron chi connectivity index (χ1n) is 5.84. The molecule has 19 heavy (non-hydrogen) atoms. The summed E-state index contributed by atoms with van der Waals surface area (Å²) >= 11 is 3.37. The molecule has 0 aromatic heterocycles. The Kier molecular flexibility index (Phi) is 3.90. The minimum Gasteiger partial charge on any atom is -0.508 e. The molecule has 4 heteroatoms. The smallest absolute Gasteiger partial charge is 0.256 e. The van der Waals surface area contributed by atoms with Crippen molar-refractivity contribution in [3.8, 4) is 5.75 Å². The first-order chi connectivity index (χ1) is 8.97. The Balaban J connectivity index is 2.28. The molecule has 2 aromatic carbocycles. The predicted octanol–water partition coefficient (Wildman–Crippen LogP) is 4.02. The monoisotopic (exact) mass is 319 g/mol. The number of aryl methyl sites for hydroxylation is 2. The Morgan fingerprint density at radius 2 is 1.89 bits per heavy atom. The van der Waals surface area contributed by atoms with Crippen molar-refractivity contribution < 1.29 is 9.90 Å². The van der Waals surface area contributed by atoms with Gasteiger partial charge in [0.25, 0.3) is 5.91 Å². The highest BCUT2D eigenvalue weighted by Crippen LogP contribution is 2.23. The Hall–Kier alpha value is -1.81. The van der Waals surface area contributed by atoms with E-state index >= 15 is 0 Å². The molecule has 2 N–H and O–H groups in total. The van der Waals surface area contributed by atoms with E-state index in [0.717, 1.165) is 15.6 Å². The van der Waals surface area contributed by atoms with E-state index in [9.17, 15) is 9.90 Å². The minimum absolute atomic E-state index is 0.177. The van der Waals surface area contributed by atoms with Crippen LogP contribution in [0.3, 0.4) is 0 Å². The van der Waals surface area contributed by atoms with Crippen molar-refractivity contribution in [1.82, 2.24) is 0 Å². The van der Waals surface area contributed by atoms with Crippen molar-refractivity contribution in [1.29, 1.82) is 0 Å². The first kappa shape index (κ1) is 13.6. The molecule has 0 fully saturated rings. The largest absolute Gasteiger partial charge is 0.508 e. The molecule has 0 aliphatic heterocycles. The maximum atomic E-state index is 12.2. The first-order valence-corrected chi connectivity index (χ1v) is 6.64.